The molecule has 1 saturated heterocycles. The van der Waals surface area contributed by atoms with E-state index in [-0.39, 0.29) is 30.5 Å². The number of nitrogens with one attached hydrogen (secondary N) is 1. The molecule has 1 fully saturated rings. The summed E-state index contributed by atoms with van der Waals surface area (Å²) in [6.07, 6.45) is 0.667. The van der Waals surface area contributed by atoms with Crippen LogP contribution < -0.4 is 10.1 Å². The van der Waals surface area contributed by atoms with Crippen LogP contribution in [0.5, 0.6) is 5.75 Å². The Labute approximate surface area is 132 Å². The number of hydrogen-bond donors (Lipinski definition) is 1. The highest BCUT2D eigenvalue weighted by molar-refractivity contribution is 5.85. The summed E-state index contributed by atoms with van der Waals surface area (Å²) < 4.78 is 10.7. The van der Waals surface area contributed by atoms with Crippen LogP contribution in [0.15, 0.2) is 18.2 Å². The first-order valence-electron chi connectivity index (χ1n) is 7.09. The number of halogens is 1. The van der Waals surface area contributed by atoms with Crippen LogP contribution in [0.3, 0.4) is 0 Å². The van der Waals surface area contributed by atoms with Gasteiger partial charge in [-0.05, 0) is 36.1 Å². The van der Waals surface area contributed by atoms with Crippen LogP contribution in [0, 0.1) is 6.92 Å². The number of esters is 1. The summed E-state index contributed by atoms with van der Waals surface area (Å²) in [6, 6.07) is 5.95. The van der Waals surface area contributed by atoms with Crippen molar-refractivity contribution in [2.75, 3.05) is 13.7 Å². The Bertz CT molecular complexity index is 490. The van der Waals surface area contributed by atoms with Crippen molar-refractivity contribution < 1.29 is 14.3 Å². The van der Waals surface area contributed by atoms with Gasteiger partial charge in [-0.3, -0.25) is 4.79 Å². The van der Waals surface area contributed by atoms with Crippen molar-refractivity contribution >= 4 is 18.4 Å². The minimum atomic E-state index is -0.249. The highest BCUT2D eigenvalue weighted by Crippen LogP contribution is 2.25. The largest absolute Gasteiger partial charge is 0.489 e. The first kappa shape index (κ1) is 17.8. The Hall–Kier alpha value is -1.26. The second kappa shape index (κ2) is 7.66. The molecule has 2 atom stereocenters. The summed E-state index contributed by atoms with van der Waals surface area (Å²) in [7, 11) is 1.41. The van der Waals surface area contributed by atoms with E-state index in [0.29, 0.717) is 18.9 Å². The van der Waals surface area contributed by atoms with Gasteiger partial charge in [-0.2, -0.15) is 0 Å². The van der Waals surface area contributed by atoms with E-state index >= 15 is 0 Å². The van der Waals surface area contributed by atoms with Gasteiger partial charge >= 0.3 is 5.97 Å². The van der Waals surface area contributed by atoms with Gasteiger partial charge in [-0.25, -0.2) is 0 Å². The van der Waals surface area contributed by atoms with Gasteiger partial charge in [-0.1, -0.05) is 19.9 Å². The maximum atomic E-state index is 11.4. The van der Waals surface area contributed by atoms with Crippen molar-refractivity contribution in [1.29, 1.82) is 0 Å². The molecule has 0 amide bonds. The molecule has 1 heterocycles. The standard InChI is InChI=1S/C16H23NO3.ClH/c1-10(2)14-6-5-12(7-11(14)3)20-13-8-15(17-9-13)16(18)19-4;/h5-7,10,13,15,17H,8-9H2,1-4H3;1H/t13-,15+;/m1./s1. The molecule has 5 heteroatoms. The molecule has 1 aliphatic heterocycles. The number of methoxy groups -OCH3 is 1. The third kappa shape index (κ3) is 4.35. The molecule has 0 spiro atoms. The zero-order valence-electron chi connectivity index (χ0n) is 13.0. The lowest BCUT2D eigenvalue weighted by Gasteiger charge is -2.16. The fourth-order valence-electron chi connectivity index (χ4n) is 2.68. The molecule has 21 heavy (non-hydrogen) atoms. The molecule has 0 unspecified atom stereocenters. The highest BCUT2D eigenvalue weighted by Gasteiger charge is 2.31. The van der Waals surface area contributed by atoms with Gasteiger partial charge in [0.1, 0.15) is 17.9 Å². The summed E-state index contributed by atoms with van der Waals surface area (Å²) in [4.78, 5) is 11.4. The van der Waals surface area contributed by atoms with E-state index in [2.05, 4.69) is 38.2 Å². The Balaban J connectivity index is 0.00000220. The molecule has 1 aromatic carbocycles. The Morgan fingerprint density at radius 1 is 1.38 bits per heavy atom. The summed E-state index contributed by atoms with van der Waals surface area (Å²) in [5.41, 5.74) is 2.59. The van der Waals surface area contributed by atoms with Crippen molar-refractivity contribution in [3.8, 4) is 5.75 Å². The number of benzene rings is 1. The van der Waals surface area contributed by atoms with Crippen LogP contribution in [-0.4, -0.2) is 31.8 Å². The predicted octanol–water partition coefficient (Wildman–Crippen LogP) is 2.82. The van der Waals surface area contributed by atoms with E-state index in [1.807, 2.05) is 6.07 Å². The fourth-order valence-corrected chi connectivity index (χ4v) is 2.68. The second-order valence-corrected chi connectivity index (χ2v) is 5.63. The van der Waals surface area contributed by atoms with Crippen LogP contribution in [0.4, 0.5) is 0 Å². The molecule has 118 valence electrons. The van der Waals surface area contributed by atoms with Crippen molar-refractivity contribution in [3.63, 3.8) is 0 Å². The van der Waals surface area contributed by atoms with Gasteiger partial charge in [0.25, 0.3) is 0 Å². The smallest absolute Gasteiger partial charge is 0.323 e. The lowest BCUT2D eigenvalue weighted by molar-refractivity contribution is -0.142. The maximum Gasteiger partial charge on any atom is 0.323 e. The van der Waals surface area contributed by atoms with Crippen molar-refractivity contribution in [2.45, 2.75) is 45.3 Å². The van der Waals surface area contributed by atoms with Gasteiger partial charge in [0.15, 0.2) is 0 Å². The molecule has 0 aliphatic carbocycles. The molecule has 1 aromatic rings. The number of hydrogen-bond acceptors (Lipinski definition) is 4. The van der Waals surface area contributed by atoms with Gasteiger partial charge in [0.2, 0.25) is 0 Å². The lowest BCUT2D eigenvalue weighted by Crippen LogP contribution is -2.31. The molecule has 1 N–H and O–H groups in total. The third-order valence-electron chi connectivity index (χ3n) is 3.74. The van der Waals surface area contributed by atoms with Crippen LogP contribution in [0.2, 0.25) is 0 Å². The maximum absolute atomic E-state index is 11.4. The molecule has 4 nitrogen and oxygen atoms in total. The molecule has 0 bridgehead atoms. The molecule has 0 aromatic heterocycles. The topological polar surface area (TPSA) is 47.6 Å². The average molecular weight is 314 g/mol. The summed E-state index contributed by atoms with van der Waals surface area (Å²) >= 11 is 0. The predicted molar refractivity (Wildman–Crippen MR) is 85.4 cm³/mol. The number of ether oxygens (including phenoxy) is 2. The number of carbonyl (C=O) groups excluding carboxylic acids is 1. The van der Waals surface area contributed by atoms with Gasteiger partial charge in [0, 0.05) is 13.0 Å². The molecule has 0 saturated carbocycles. The molecule has 0 radical (unpaired) electrons. The monoisotopic (exact) mass is 313 g/mol. The van der Waals surface area contributed by atoms with E-state index in [1.165, 1.54) is 18.2 Å². The Kier molecular flexibility index (Phi) is 6.49. The van der Waals surface area contributed by atoms with Crippen molar-refractivity contribution in [1.82, 2.24) is 5.32 Å². The molecule has 1 aliphatic rings. The lowest BCUT2D eigenvalue weighted by atomic mass is 9.98. The van der Waals surface area contributed by atoms with E-state index in [1.54, 1.807) is 0 Å². The third-order valence-corrected chi connectivity index (χ3v) is 3.74. The zero-order chi connectivity index (χ0) is 14.7. The summed E-state index contributed by atoms with van der Waals surface area (Å²) in [6.45, 7) is 7.15. The van der Waals surface area contributed by atoms with E-state index in [0.717, 1.165) is 5.75 Å². The van der Waals surface area contributed by atoms with Crippen LogP contribution in [0.25, 0.3) is 0 Å². The number of aryl methyl sites for hydroxylation is 1. The minimum Gasteiger partial charge on any atom is -0.489 e. The first-order valence-corrected chi connectivity index (χ1v) is 7.09. The van der Waals surface area contributed by atoms with Crippen molar-refractivity contribution in [2.24, 2.45) is 0 Å². The zero-order valence-corrected chi connectivity index (χ0v) is 13.8. The Morgan fingerprint density at radius 2 is 2.10 bits per heavy atom. The first-order chi connectivity index (χ1) is 9.51. The molecule has 2 rings (SSSR count). The normalized spacial score (nSPS) is 21.0. The van der Waals surface area contributed by atoms with Crippen molar-refractivity contribution in [3.05, 3.63) is 29.3 Å². The number of carbonyl (C=O) groups is 1. The SMILES string of the molecule is COC(=O)[C@@H]1C[C@@H](Oc2ccc(C(C)C)c(C)c2)CN1.Cl. The Morgan fingerprint density at radius 3 is 2.67 bits per heavy atom. The van der Waals surface area contributed by atoms with Gasteiger partial charge in [-0.15, -0.1) is 12.4 Å². The summed E-state index contributed by atoms with van der Waals surface area (Å²) in [5, 5.41) is 3.12. The minimum absolute atomic E-state index is 0. The van der Waals surface area contributed by atoms with Gasteiger partial charge < -0.3 is 14.8 Å². The molecular weight excluding hydrogens is 290 g/mol. The van der Waals surface area contributed by atoms with Crippen LogP contribution in [0.1, 0.15) is 37.3 Å². The number of rotatable bonds is 4. The van der Waals surface area contributed by atoms with Crippen LogP contribution in [-0.2, 0) is 9.53 Å². The molecular formula is C16H24ClNO3. The highest BCUT2D eigenvalue weighted by atomic mass is 35.5. The van der Waals surface area contributed by atoms with E-state index < -0.39 is 0 Å². The van der Waals surface area contributed by atoms with Crippen LogP contribution >= 0.6 is 12.4 Å². The van der Waals surface area contributed by atoms with Gasteiger partial charge in [0.05, 0.1) is 7.11 Å². The van der Waals surface area contributed by atoms with E-state index in [4.69, 9.17) is 9.47 Å². The average Bonchev–Trinajstić information content (AvgIpc) is 2.86. The second-order valence-electron chi connectivity index (χ2n) is 5.63. The summed E-state index contributed by atoms with van der Waals surface area (Å²) in [5.74, 6) is 1.16. The quantitative estimate of drug-likeness (QED) is 0.868. The fraction of sp³-hybridized carbons (Fsp3) is 0.562. The van der Waals surface area contributed by atoms with E-state index in [9.17, 15) is 4.79 Å².